The van der Waals surface area contributed by atoms with Crippen molar-refractivity contribution in [1.29, 1.82) is 0 Å². The molecule has 1 amide bonds. The monoisotopic (exact) mass is 320 g/mol. The summed E-state index contributed by atoms with van der Waals surface area (Å²) in [6, 6.07) is 7.81. The van der Waals surface area contributed by atoms with Gasteiger partial charge < -0.3 is 15.2 Å². The molecule has 0 saturated carbocycles. The molecule has 1 aliphatic heterocycles. The molecular weight excluding hydrogens is 292 g/mol. The van der Waals surface area contributed by atoms with Gasteiger partial charge in [-0.25, -0.2) is 0 Å². The van der Waals surface area contributed by atoms with Gasteiger partial charge in [0, 0.05) is 12.6 Å². The van der Waals surface area contributed by atoms with E-state index in [9.17, 15) is 9.90 Å². The number of nitrogens with one attached hydrogen (secondary N) is 1. The second-order valence-electron chi connectivity index (χ2n) is 6.52. The molecule has 2 rings (SSSR count). The molecule has 5 nitrogen and oxygen atoms in total. The highest BCUT2D eigenvalue weighted by molar-refractivity contribution is 5.78. The first-order valence-corrected chi connectivity index (χ1v) is 8.41. The van der Waals surface area contributed by atoms with Crippen molar-refractivity contribution < 1.29 is 14.6 Å². The van der Waals surface area contributed by atoms with Crippen molar-refractivity contribution in [2.75, 3.05) is 19.6 Å². The molecular formula is C18H28N2O3. The third kappa shape index (κ3) is 5.52. The lowest BCUT2D eigenvalue weighted by molar-refractivity contribution is -0.122. The van der Waals surface area contributed by atoms with E-state index in [0.29, 0.717) is 12.6 Å². The molecule has 2 unspecified atom stereocenters. The first-order chi connectivity index (χ1) is 11.0. The molecule has 0 aromatic heterocycles. The minimum atomic E-state index is -0.706. The Balaban J connectivity index is 1.77. The van der Waals surface area contributed by atoms with E-state index in [1.165, 1.54) is 0 Å². The Hall–Kier alpha value is -1.59. The summed E-state index contributed by atoms with van der Waals surface area (Å²) in [7, 11) is 0. The molecule has 0 aliphatic carbocycles. The van der Waals surface area contributed by atoms with Crippen LogP contribution in [0, 0.1) is 0 Å². The van der Waals surface area contributed by atoms with Crippen LogP contribution >= 0.6 is 0 Å². The van der Waals surface area contributed by atoms with Gasteiger partial charge in [0.1, 0.15) is 5.75 Å². The van der Waals surface area contributed by atoms with Crippen LogP contribution in [0.3, 0.4) is 0 Å². The highest BCUT2D eigenvalue weighted by Crippen LogP contribution is 2.19. The average molecular weight is 320 g/mol. The molecule has 1 fully saturated rings. The highest BCUT2D eigenvalue weighted by Gasteiger charge is 2.22. The van der Waals surface area contributed by atoms with Gasteiger partial charge >= 0.3 is 0 Å². The number of carbonyl (C=O) groups is 1. The van der Waals surface area contributed by atoms with Crippen molar-refractivity contribution in [3.63, 3.8) is 0 Å². The molecule has 0 spiro atoms. The lowest BCUT2D eigenvalue weighted by atomic mass is 10.1. The summed E-state index contributed by atoms with van der Waals surface area (Å²) in [6.45, 7) is 7.71. The summed E-state index contributed by atoms with van der Waals surface area (Å²) in [5.74, 6) is 0.751. The number of hydrogen-bond donors (Lipinski definition) is 2. The number of ether oxygens (including phenoxy) is 1. The minimum absolute atomic E-state index is 0.0300. The van der Waals surface area contributed by atoms with Gasteiger partial charge in [0.15, 0.2) is 0 Å². The normalized spacial score (nSPS) is 19.8. The number of carbonyl (C=O) groups excluding carboxylic acids is 1. The van der Waals surface area contributed by atoms with Crippen molar-refractivity contribution in [2.24, 2.45) is 0 Å². The molecule has 1 aliphatic rings. The smallest absolute Gasteiger partial charge is 0.234 e. The fraction of sp³-hybridized carbons (Fsp3) is 0.611. The zero-order chi connectivity index (χ0) is 16.8. The van der Waals surface area contributed by atoms with E-state index in [0.717, 1.165) is 30.7 Å². The minimum Gasteiger partial charge on any atom is -0.491 e. The van der Waals surface area contributed by atoms with E-state index in [1.807, 2.05) is 38.1 Å². The Morgan fingerprint density at radius 2 is 2.09 bits per heavy atom. The van der Waals surface area contributed by atoms with Crippen LogP contribution in [0.2, 0.25) is 0 Å². The lowest BCUT2D eigenvalue weighted by Crippen LogP contribution is -2.40. The summed E-state index contributed by atoms with van der Waals surface area (Å²) in [4.78, 5) is 14.2. The molecule has 128 valence electrons. The predicted octanol–water partition coefficient (Wildman–Crippen LogP) is 2.11. The third-order valence-electron chi connectivity index (χ3n) is 4.17. The van der Waals surface area contributed by atoms with E-state index < -0.39 is 6.10 Å². The first kappa shape index (κ1) is 17.8. The number of aliphatic hydroxyl groups excluding tert-OH is 1. The van der Waals surface area contributed by atoms with Gasteiger partial charge in [-0.2, -0.15) is 0 Å². The molecule has 1 aromatic rings. The van der Waals surface area contributed by atoms with Crippen LogP contribution in [0.1, 0.15) is 45.3 Å². The van der Waals surface area contributed by atoms with Gasteiger partial charge in [0.2, 0.25) is 5.91 Å². The second-order valence-corrected chi connectivity index (χ2v) is 6.52. The van der Waals surface area contributed by atoms with Crippen LogP contribution in [0.25, 0.3) is 0 Å². The van der Waals surface area contributed by atoms with Gasteiger partial charge in [0.05, 0.1) is 18.8 Å². The fourth-order valence-corrected chi connectivity index (χ4v) is 2.84. The number of rotatable bonds is 7. The lowest BCUT2D eigenvalue weighted by Gasteiger charge is -2.20. The Kier molecular flexibility index (Phi) is 6.42. The van der Waals surface area contributed by atoms with Crippen molar-refractivity contribution >= 4 is 5.91 Å². The maximum absolute atomic E-state index is 12.0. The van der Waals surface area contributed by atoms with E-state index in [-0.39, 0.29) is 18.6 Å². The summed E-state index contributed by atoms with van der Waals surface area (Å²) >= 11 is 0. The zero-order valence-electron chi connectivity index (χ0n) is 14.3. The molecule has 0 radical (unpaired) electrons. The van der Waals surface area contributed by atoms with Crippen LogP contribution in [0.4, 0.5) is 0 Å². The Morgan fingerprint density at radius 3 is 2.65 bits per heavy atom. The second kappa shape index (κ2) is 8.31. The number of nitrogens with zero attached hydrogens (tertiary/aromatic N) is 1. The number of aliphatic hydroxyl groups is 1. The molecule has 2 N–H and O–H groups in total. The zero-order valence-corrected chi connectivity index (χ0v) is 14.3. The number of likely N-dealkylation sites (tertiary alicyclic amines) is 1. The van der Waals surface area contributed by atoms with Crippen LogP contribution in [-0.4, -0.2) is 47.7 Å². The van der Waals surface area contributed by atoms with E-state index in [2.05, 4.69) is 17.1 Å². The molecule has 1 aromatic carbocycles. The van der Waals surface area contributed by atoms with Gasteiger partial charge in [-0.1, -0.05) is 12.1 Å². The van der Waals surface area contributed by atoms with Crippen molar-refractivity contribution in [2.45, 2.75) is 51.9 Å². The standard InChI is InChI=1S/C18H28N2O3/c1-13(2)23-16-8-6-15(7-9-16)17(21)11-19-18(22)12-20-10-4-5-14(20)3/h6-9,13-14,17,21H,4-5,10-12H2,1-3H3,(H,19,22). The fourth-order valence-electron chi connectivity index (χ4n) is 2.84. The van der Waals surface area contributed by atoms with Crippen LogP contribution < -0.4 is 10.1 Å². The molecule has 23 heavy (non-hydrogen) atoms. The largest absolute Gasteiger partial charge is 0.491 e. The van der Waals surface area contributed by atoms with Crippen molar-refractivity contribution in [3.8, 4) is 5.75 Å². The number of amides is 1. The Morgan fingerprint density at radius 1 is 1.39 bits per heavy atom. The van der Waals surface area contributed by atoms with E-state index in [4.69, 9.17) is 4.74 Å². The Bertz CT molecular complexity index is 501. The summed E-state index contributed by atoms with van der Waals surface area (Å²) in [6.07, 6.45) is 1.73. The number of hydrogen-bond acceptors (Lipinski definition) is 4. The summed E-state index contributed by atoms with van der Waals surface area (Å²) < 4.78 is 5.57. The maximum Gasteiger partial charge on any atom is 0.234 e. The van der Waals surface area contributed by atoms with Gasteiger partial charge in [-0.05, 0) is 57.9 Å². The molecule has 1 heterocycles. The Labute approximate surface area is 138 Å². The van der Waals surface area contributed by atoms with Crippen LogP contribution in [-0.2, 0) is 4.79 Å². The highest BCUT2D eigenvalue weighted by atomic mass is 16.5. The molecule has 2 atom stereocenters. The van der Waals surface area contributed by atoms with Crippen LogP contribution in [0.15, 0.2) is 24.3 Å². The van der Waals surface area contributed by atoms with Crippen LogP contribution in [0.5, 0.6) is 5.75 Å². The van der Waals surface area contributed by atoms with E-state index in [1.54, 1.807) is 0 Å². The summed E-state index contributed by atoms with van der Waals surface area (Å²) in [5.41, 5.74) is 0.774. The summed E-state index contributed by atoms with van der Waals surface area (Å²) in [5, 5.41) is 13.0. The first-order valence-electron chi connectivity index (χ1n) is 8.41. The van der Waals surface area contributed by atoms with Gasteiger partial charge in [0.25, 0.3) is 0 Å². The molecule has 5 heteroatoms. The van der Waals surface area contributed by atoms with Crippen molar-refractivity contribution in [3.05, 3.63) is 29.8 Å². The van der Waals surface area contributed by atoms with Crippen molar-refractivity contribution in [1.82, 2.24) is 10.2 Å². The van der Waals surface area contributed by atoms with E-state index >= 15 is 0 Å². The van der Waals surface area contributed by atoms with Gasteiger partial charge in [-0.3, -0.25) is 9.69 Å². The molecule has 1 saturated heterocycles. The SMILES string of the molecule is CC(C)Oc1ccc(C(O)CNC(=O)CN2CCCC2C)cc1. The average Bonchev–Trinajstić information content (AvgIpc) is 2.90. The van der Waals surface area contributed by atoms with Gasteiger partial charge in [-0.15, -0.1) is 0 Å². The maximum atomic E-state index is 12.0. The molecule has 0 bridgehead atoms. The quantitative estimate of drug-likeness (QED) is 0.808. The predicted molar refractivity (Wildman–Crippen MR) is 90.4 cm³/mol. The topological polar surface area (TPSA) is 61.8 Å². The number of benzene rings is 1. The third-order valence-corrected chi connectivity index (χ3v) is 4.17.